The van der Waals surface area contributed by atoms with E-state index in [1.54, 1.807) is 0 Å². The summed E-state index contributed by atoms with van der Waals surface area (Å²) < 4.78 is 6.65. The standard InChI is InChI=1S/C30H22O2/c31-29(23-13-4-1-5-14-23)28-26-19-11-10-12-22(26)20-21-27(28)32-30(24-15-6-2-7-16-24)25-17-8-3-9-18-25/h1-21,30H. The Morgan fingerprint density at radius 2 is 1.09 bits per heavy atom. The van der Waals surface area contributed by atoms with Gasteiger partial charge in [0.15, 0.2) is 5.78 Å². The van der Waals surface area contributed by atoms with Gasteiger partial charge in [0.25, 0.3) is 0 Å². The Morgan fingerprint density at radius 3 is 1.72 bits per heavy atom. The maximum Gasteiger partial charge on any atom is 0.197 e. The van der Waals surface area contributed by atoms with Crippen molar-refractivity contribution >= 4 is 16.6 Å². The lowest BCUT2D eigenvalue weighted by Crippen LogP contribution is -2.13. The maximum absolute atomic E-state index is 13.7. The van der Waals surface area contributed by atoms with Crippen molar-refractivity contribution in [3.63, 3.8) is 0 Å². The molecule has 5 rings (SSSR count). The van der Waals surface area contributed by atoms with E-state index in [4.69, 9.17) is 4.74 Å². The van der Waals surface area contributed by atoms with E-state index in [1.807, 2.05) is 103 Å². The van der Waals surface area contributed by atoms with Gasteiger partial charge in [0.1, 0.15) is 11.9 Å². The lowest BCUT2D eigenvalue weighted by Gasteiger charge is -2.22. The zero-order chi connectivity index (χ0) is 21.8. The Bertz CT molecular complexity index is 1300. The van der Waals surface area contributed by atoms with Crippen molar-refractivity contribution in [2.24, 2.45) is 0 Å². The molecule has 0 amide bonds. The second-order valence-electron chi connectivity index (χ2n) is 7.67. The van der Waals surface area contributed by atoms with Gasteiger partial charge in [-0.05, 0) is 28.0 Å². The second-order valence-corrected chi connectivity index (χ2v) is 7.67. The Balaban J connectivity index is 1.67. The molecule has 0 aromatic heterocycles. The molecule has 154 valence electrons. The third-order valence-electron chi connectivity index (χ3n) is 5.60. The minimum atomic E-state index is -0.333. The highest BCUT2D eigenvalue weighted by Crippen LogP contribution is 2.35. The van der Waals surface area contributed by atoms with E-state index >= 15 is 0 Å². The van der Waals surface area contributed by atoms with Crippen LogP contribution in [0.3, 0.4) is 0 Å². The van der Waals surface area contributed by atoms with E-state index in [0.29, 0.717) is 16.9 Å². The van der Waals surface area contributed by atoms with Gasteiger partial charge >= 0.3 is 0 Å². The molecule has 0 fully saturated rings. The minimum Gasteiger partial charge on any atom is -0.480 e. The third-order valence-corrected chi connectivity index (χ3v) is 5.60. The number of ketones is 1. The van der Waals surface area contributed by atoms with E-state index in [9.17, 15) is 4.79 Å². The normalized spacial score (nSPS) is 10.9. The predicted molar refractivity (Wildman–Crippen MR) is 129 cm³/mol. The summed E-state index contributed by atoms with van der Waals surface area (Å²) in [6, 6.07) is 41.5. The van der Waals surface area contributed by atoms with Crippen molar-refractivity contribution in [2.45, 2.75) is 6.10 Å². The smallest absolute Gasteiger partial charge is 0.197 e. The van der Waals surface area contributed by atoms with Crippen LogP contribution in [0.2, 0.25) is 0 Å². The summed E-state index contributed by atoms with van der Waals surface area (Å²) in [5.41, 5.74) is 3.30. The van der Waals surface area contributed by atoms with Gasteiger partial charge < -0.3 is 4.74 Å². The van der Waals surface area contributed by atoms with Crippen LogP contribution in [0.25, 0.3) is 10.8 Å². The average Bonchev–Trinajstić information content (AvgIpc) is 2.88. The van der Waals surface area contributed by atoms with Crippen molar-refractivity contribution in [3.05, 3.63) is 150 Å². The summed E-state index contributed by atoms with van der Waals surface area (Å²) in [4.78, 5) is 13.7. The highest BCUT2D eigenvalue weighted by Gasteiger charge is 2.22. The monoisotopic (exact) mass is 414 g/mol. The van der Waals surface area contributed by atoms with Crippen LogP contribution in [0.15, 0.2) is 127 Å². The Labute approximate surface area is 187 Å². The number of carbonyl (C=O) groups excluding carboxylic acids is 1. The lowest BCUT2D eigenvalue weighted by atomic mass is 9.95. The summed E-state index contributed by atoms with van der Waals surface area (Å²) in [5, 5.41) is 1.90. The molecule has 2 nitrogen and oxygen atoms in total. The fourth-order valence-electron chi connectivity index (χ4n) is 4.03. The van der Waals surface area contributed by atoms with Gasteiger partial charge in [-0.1, -0.05) is 121 Å². The first-order valence-corrected chi connectivity index (χ1v) is 10.7. The van der Waals surface area contributed by atoms with Crippen LogP contribution >= 0.6 is 0 Å². The van der Waals surface area contributed by atoms with E-state index < -0.39 is 0 Å². The Hall–Kier alpha value is -4.17. The van der Waals surface area contributed by atoms with Gasteiger partial charge in [0, 0.05) is 5.56 Å². The number of ether oxygens (including phenoxy) is 1. The number of fused-ring (bicyclic) bond motifs is 1. The Kier molecular flexibility index (Phi) is 5.50. The van der Waals surface area contributed by atoms with Crippen LogP contribution < -0.4 is 4.74 Å². The van der Waals surface area contributed by atoms with Crippen molar-refractivity contribution < 1.29 is 9.53 Å². The molecule has 0 aliphatic carbocycles. The molecular weight excluding hydrogens is 392 g/mol. The Morgan fingerprint density at radius 1 is 0.562 bits per heavy atom. The first-order valence-electron chi connectivity index (χ1n) is 10.7. The maximum atomic E-state index is 13.7. The number of hydrogen-bond donors (Lipinski definition) is 0. The predicted octanol–water partition coefficient (Wildman–Crippen LogP) is 7.24. The minimum absolute atomic E-state index is 0.0442. The van der Waals surface area contributed by atoms with Crippen LogP contribution in [0.1, 0.15) is 33.2 Å². The topological polar surface area (TPSA) is 26.3 Å². The number of hydrogen-bond acceptors (Lipinski definition) is 2. The van der Waals surface area contributed by atoms with Crippen molar-refractivity contribution in [1.82, 2.24) is 0 Å². The molecule has 0 atom stereocenters. The van der Waals surface area contributed by atoms with E-state index in [-0.39, 0.29) is 11.9 Å². The molecule has 0 radical (unpaired) electrons. The molecule has 0 aliphatic rings. The summed E-state index contributed by atoms with van der Waals surface area (Å²) >= 11 is 0. The molecule has 0 saturated carbocycles. The quantitative estimate of drug-likeness (QED) is 0.274. The molecule has 5 aromatic rings. The molecule has 0 bridgehead atoms. The summed E-state index contributed by atoms with van der Waals surface area (Å²) in [7, 11) is 0. The highest BCUT2D eigenvalue weighted by atomic mass is 16.5. The van der Waals surface area contributed by atoms with Crippen molar-refractivity contribution in [1.29, 1.82) is 0 Å². The van der Waals surface area contributed by atoms with Crippen LogP contribution in [-0.2, 0) is 0 Å². The zero-order valence-corrected chi connectivity index (χ0v) is 17.5. The SMILES string of the molecule is O=C(c1ccccc1)c1c(OC(c2ccccc2)c2ccccc2)ccc2ccccc12. The molecule has 32 heavy (non-hydrogen) atoms. The summed E-state index contributed by atoms with van der Waals surface area (Å²) in [6.07, 6.45) is -0.333. The second kappa shape index (κ2) is 8.91. The third kappa shape index (κ3) is 3.91. The molecule has 5 aromatic carbocycles. The largest absolute Gasteiger partial charge is 0.480 e. The molecule has 0 saturated heterocycles. The molecule has 0 aliphatic heterocycles. The van der Waals surface area contributed by atoms with Gasteiger partial charge in [0.2, 0.25) is 0 Å². The van der Waals surface area contributed by atoms with Crippen molar-refractivity contribution in [2.75, 3.05) is 0 Å². The number of carbonyl (C=O) groups is 1. The number of benzene rings is 5. The number of rotatable bonds is 6. The van der Waals surface area contributed by atoms with Gasteiger partial charge in [0.05, 0.1) is 5.56 Å². The zero-order valence-electron chi connectivity index (χ0n) is 17.5. The fourth-order valence-corrected chi connectivity index (χ4v) is 4.03. The van der Waals surface area contributed by atoms with E-state index in [0.717, 1.165) is 21.9 Å². The van der Waals surface area contributed by atoms with E-state index in [1.165, 1.54) is 0 Å². The first-order chi connectivity index (χ1) is 15.8. The molecule has 2 heteroatoms. The van der Waals surface area contributed by atoms with Crippen LogP contribution in [0.4, 0.5) is 0 Å². The summed E-state index contributed by atoms with van der Waals surface area (Å²) in [6.45, 7) is 0. The van der Waals surface area contributed by atoms with Crippen LogP contribution in [0.5, 0.6) is 5.75 Å². The molecule has 0 N–H and O–H groups in total. The van der Waals surface area contributed by atoms with Gasteiger partial charge in [-0.3, -0.25) is 4.79 Å². The first kappa shape index (κ1) is 19.8. The van der Waals surface area contributed by atoms with Gasteiger partial charge in [-0.15, -0.1) is 0 Å². The van der Waals surface area contributed by atoms with Gasteiger partial charge in [-0.2, -0.15) is 0 Å². The van der Waals surface area contributed by atoms with Crippen LogP contribution in [0, 0.1) is 0 Å². The molecular formula is C30H22O2. The van der Waals surface area contributed by atoms with Gasteiger partial charge in [-0.25, -0.2) is 0 Å². The molecule has 0 heterocycles. The highest BCUT2D eigenvalue weighted by molar-refractivity contribution is 6.18. The fraction of sp³-hybridized carbons (Fsp3) is 0.0333. The van der Waals surface area contributed by atoms with Crippen molar-refractivity contribution in [3.8, 4) is 5.75 Å². The average molecular weight is 415 g/mol. The lowest BCUT2D eigenvalue weighted by molar-refractivity contribution is 0.103. The molecule has 0 spiro atoms. The summed E-state index contributed by atoms with van der Waals surface area (Å²) in [5.74, 6) is 0.535. The van der Waals surface area contributed by atoms with E-state index in [2.05, 4.69) is 24.3 Å². The molecule has 0 unspecified atom stereocenters. The van der Waals surface area contributed by atoms with Crippen LogP contribution in [-0.4, -0.2) is 5.78 Å².